The Hall–Kier alpha value is -0.730. The van der Waals surface area contributed by atoms with Crippen LogP contribution in [0.3, 0.4) is 0 Å². The van der Waals surface area contributed by atoms with Crippen molar-refractivity contribution < 1.29 is 0 Å². The lowest BCUT2D eigenvalue weighted by molar-refractivity contribution is 0.428. The molecule has 1 heterocycles. The molecule has 3 nitrogen and oxygen atoms in total. The van der Waals surface area contributed by atoms with Crippen molar-refractivity contribution in [2.45, 2.75) is 51.9 Å². The van der Waals surface area contributed by atoms with E-state index in [4.69, 9.17) is 5.73 Å². The molecule has 88 valence electrons. The van der Waals surface area contributed by atoms with Gasteiger partial charge in [0.25, 0.3) is 0 Å². The van der Waals surface area contributed by atoms with Crippen molar-refractivity contribution >= 4 is 5.96 Å². The standard InChI is InChI=1S/C12H25N3/c1-2-3-6-9-14-12(13)15-10-7-4-5-8-11-15/h2-11H2,1H3,(H2,13,14). The van der Waals surface area contributed by atoms with Gasteiger partial charge in [0, 0.05) is 19.6 Å². The molecule has 0 aromatic heterocycles. The van der Waals surface area contributed by atoms with Crippen LogP contribution in [-0.4, -0.2) is 30.5 Å². The molecule has 15 heavy (non-hydrogen) atoms. The number of hydrogen-bond donors (Lipinski definition) is 1. The van der Waals surface area contributed by atoms with Gasteiger partial charge in [-0.25, -0.2) is 0 Å². The van der Waals surface area contributed by atoms with Crippen molar-refractivity contribution in [2.24, 2.45) is 10.7 Å². The van der Waals surface area contributed by atoms with Crippen LogP contribution in [0.25, 0.3) is 0 Å². The Balaban J connectivity index is 2.26. The van der Waals surface area contributed by atoms with E-state index in [-0.39, 0.29) is 0 Å². The van der Waals surface area contributed by atoms with Gasteiger partial charge in [-0.05, 0) is 19.3 Å². The summed E-state index contributed by atoms with van der Waals surface area (Å²) in [6.07, 6.45) is 8.91. The highest BCUT2D eigenvalue weighted by atomic mass is 15.2. The molecule has 0 aromatic rings. The van der Waals surface area contributed by atoms with Crippen LogP contribution in [-0.2, 0) is 0 Å². The number of unbranched alkanes of at least 4 members (excludes halogenated alkanes) is 2. The first-order valence-corrected chi connectivity index (χ1v) is 6.39. The molecule has 1 fully saturated rings. The Morgan fingerprint density at radius 2 is 1.80 bits per heavy atom. The fourth-order valence-corrected chi connectivity index (χ4v) is 1.96. The molecular weight excluding hydrogens is 186 g/mol. The van der Waals surface area contributed by atoms with E-state index in [0.717, 1.165) is 25.6 Å². The highest BCUT2D eigenvalue weighted by Gasteiger charge is 2.10. The predicted molar refractivity (Wildman–Crippen MR) is 66.1 cm³/mol. The Morgan fingerprint density at radius 1 is 1.13 bits per heavy atom. The Kier molecular flexibility index (Phi) is 6.21. The van der Waals surface area contributed by atoms with E-state index >= 15 is 0 Å². The largest absolute Gasteiger partial charge is 0.370 e. The van der Waals surface area contributed by atoms with Crippen LogP contribution < -0.4 is 5.73 Å². The highest BCUT2D eigenvalue weighted by molar-refractivity contribution is 5.78. The number of nitrogens with two attached hydrogens (primary N) is 1. The Labute approximate surface area is 93.7 Å². The molecule has 1 aliphatic heterocycles. The molecule has 0 unspecified atom stereocenters. The molecule has 0 aliphatic carbocycles. The summed E-state index contributed by atoms with van der Waals surface area (Å²) >= 11 is 0. The second-order valence-corrected chi connectivity index (χ2v) is 4.35. The average molecular weight is 211 g/mol. The molecule has 0 aromatic carbocycles. The van der Waals surface area contributed by atoms with Gasteiger partial charge in [0.05, 0.1) is 0 Å². The molecule has 0 radical (unpaired) electrons. The normalized spacial score (nSPS) is 19.0. The van der Waals surface area contributed by atoms with E-state index in [1.165, 1.54) is 44.9 Å². The van der Waals surface area contributed by atoms with Crippen LogP contribution in [0, 0.1) is 0 Å². The molecular formula is C12H25N3. The number of nitrogens with zero attached hydrogens (tertiary/aromatic N) is 2. The SMILES string of the molecule is CCCCCN=C(N)N1CCCCCC1. The van der Waals surface area contributed by atoms with Gasteiger partial charge < -0.3 is 10.6 Å². The molecule has 1 rings (SSSR count). The third kappa shape index (κ3) is 5.05. The zero-order valence-electron chi connectivity index (χ0n) is 10.0. The van der Waals surface area contributed by atoms with Gasteiger partial charge in [-0.1, -0.05) is 32.6 Å². The zero-order chi connectivity index (χ0) is 10.9. The maximum absolute atomic E-state index is 5.98. The molecule has 0 bridgehead atoms. The molecule has 0 atom stereocenters. The van der Waals surface area contributed by atoms with E-state index in [9.17, 15) is 0 Å². The summed E-state index contributed by atoms with van der Waals surface area (Å²) in [5.74, 6) is 0.771. The minimum atomic E-state index is 0.771. The fraction of sp³-hybridized carbons (Fsp3) is 0.917. The molecule has 0 amide bonds. The van der Waals surface area contributed by atoms with Gasteiger partial charge in [0.15, 0.2) is 5.96 Å². The van der Waals surface area contributed by atoms with Gasteiger partial charge in [-0.3, -0.25) is 4.99 Å². The van der Waals surface area contributed by atoms with Gasteiger partial charge in [0.2, 0.25) is 0 Å². The monoisotopic (exact) mass is 211 g/mol. The molecule has 2 N–H and O–H groups in total. The molecule has 0 spiro atoms. The van der Waals surface area contributed by atoms with Crippen LogP contribution in [0.5, 0.6) is 0 Å². The van der Waals surface area contributed by atoms with Crippen molar-refractivity contribution in [1.82, 2.24) is 4.90 Å². The van der Waals surface area contributed by atoms with Gasteiger partial charge in [-0.2, -0.15) is 0 Å². The number of guanidine groups is 1. The van der Waals surface area contributed by atoms with Crippen molar-refractivity contribution in [3.8, 4) is 0 Å². The molecule has 1 saturated heterocycles. The van der Waals surface area contributed by atoms with Crippen LogP contribution in [0.2, 0.25) is 0 Å². The fourth-order valence-electron chi connectivity index (χ4n) is 1.96. The first kappa shape index (κ1) is 12.3. The number of aliphatic imine (C=N–C) groups is 1. The third-order valence-corrected chi connectivity index (χ3v) is 2.97. The maximum Gasteiger partial charge on any atom is 0.191 e. The van der Waals surface area contributed by atoms with Crippen molar-refractivity contribution in [3.63, 3.8) is 0 Å². The zero-order valence-corrected chi connectivity index (χ0v) is 10.0. The minimum Gasteiger partial charge on any atom is -0.370 e. The van der Waals surface area contributed by atoms with Gasteiger partial charge in [-0.15, -0.1) is 0 Å². The third-order valence-electron chi connectivity index (χ3n) is 2.97. The van der Waals surface area contributed by atoms with Crippen molar-refractivity contribution in [1.29, 1.82) is 0 Å². The number of rotatable bonds is 4. The summed E-state index contributed by atoms with van der Waals surface area (Å²) < 4.78 is 0. The lowest BCUT2D eigenvalue weighted by Crippen LogP contribution is -2.38. The van der Waals surface area contributed by atoms with E-state index in [2.05, 4.69) is 16.8 Å². The lowest BCUT2D eigenvalue weighted by Gasteiger charge is -2.21. The minimum absolute atomic E-state index is 0.771. The molecule has 1 aliphatic rings. The topological polar surface area (TPSA) is 41.6 Å². The summed E-state index contributed by atoms with van der Waals surface area (Å²) in [6.45, 7) is 5.31. The average Bonchev–Trinajstić information content (AvgIpc) is 2.52. The smallest absolute Gasteiger partial charge is 0.191 e. The first-order valence-electron chi connectivity index (χ1n) is 6.39. The van der Waals surface area contributed by atoms with Crippen LogP contribution in [0.1, 0.15) is 51.9 Å². The van der Waals surface area contributed by atoms with Crippen LogP contribution in [0.4, 0.5) is 0 Å². The van der Waals surface area contributed by atoms with Crippen molar-refractivity contribution in [2.75, 3.05) is 19.6 Å². The Morgan fingerprint density at radius 3 is 2.40 bits per heavy atom. The van der Waals surface area contributed by atoms with Gasteiger partial charge >= 0.3 is 0 Å². The summed E-state index contributed by atoms with van der Waals surface area (Å²) in [4.78, 5) is 6.70. The number of hydrogen-bond acceptors (Lipinski definition) is 1. The summed E-state index contributed by atoms with van der Waals surface area (Å²) in [5.41, 5.74) is 5.98. The first-order chi connectivity index (χ1) is 7.34. The van der Waals surface area contributed by atoms with E-state index in [1.54, 1.807) is 0 Å². The quantitative estimate of drug-likeness (QED) is 0.440. The van der Waals surface area contributed by atoms with E-state index in [0.29, 0.717) is 0 Å². The Bertz CT molecular complexity index is 181. The molecule has 3 heteroatoms. The second kappa shape index (κ2) is 7.55. The predicted octanol–water partition coefficient (Wildman–Crippen LogP) is 2.37. The lowest BCUT2D eigenvalue weighted by atomic mass is 10.2. The van der Waals surface area contributed by atoms with Crippen LogP contribution in [0.15, 0.2) is 4.99 Å². The van der Waals surface area contributed by atoms with E-state index < -0.39 is 0 Å². The summed E-state index contributed by atoms with van der Waals surface area (Å²) in [5, 5.41) is 0. The summed E-state index contributed by atoms with van der Waals surface area (Å²) in [6, 6.07) is 0. The highest BCUT2D eigenvalue weighted by Crippen LogP contribution is 2.09. The summed E-state index contributed by atoms with van der Waals surface area (Å²) in [7, 11) is 0. The van der Waals surface area contributed by atoms with Gasteiger partial charge in [0.1, 0.15) is 0 Å². The van der Waals surface area contributed by atoms with Crippen LogP contribution >= 0.6 is 0 Å². The maximum atomic E-state index is 5.98. The van der Waals surface area contributed by atoms with Crippen molar-refractivity contribution in [3.05, 3.63) is 0 Å². The number of likely N-dealkylation sites (tertiary alicyclic amines) is 1. The second-order valence-electron chi connectivity index (χ2n) is 4.35. The van der Waals surface area contributed by atoms with E-state index in [1.807, 2.05) is 0 Å². The molecule has 0 saturated carbocycles.